The largest absolute Gasteiger partial charge is 0.382 e. The first kappa shape index (κ1) is 20.6. The SMILES string of the molecule is CC(=O)C(O)[C@H]1O[C@@H](n2cc(C)c(=O)n(C(C)=O)c2=O)C[C@@H]1OP(N)O. The van der Waals surface area contributed by atoms with Crippen LogP contribution in [-0.4, -0.2) is 49.1 Å². The van der Waals surface area contributed by atoms with Gasteiger partial charge in [0.15, 0.2) is 5.78 Å². The van der Waals surface area contributed by atoms with Crippen LogP contribution in [0.4, 0.5) is 0 Å². The van der Waals surface area contributed by atoms with Crippen LogP contribution < -0.4 is 16.8 Å². The Balaban J connectivity index is 2.47. The molecule has 144 valence electrons. The monoisotopic (exact) mass is 389 g/mol. The van der Waals surface area contributed by atoms with Crippen LogP contribution in [0.15, 0.2) is 15.8 Å². The minimum absolute atomic E-state index is 0.0406. The number of aliphatic hydroxyl groups is 1. The number of carbonyl (C=O) groups excluding carboxylic acids is 2. The van der Waals surface area contributed by atoms with Crippen LogP contribution in [0.25, 0.3) is 0 Å². The van der Waals surface area contributed by atoms with E-state index in [1.165, 1.54) is 13.1 Å². The molecule has 0 amide bonds. The van der Waals surface area contributed by atoms with E-state index in [0.717, 1.165) is 18.4 Å². The van der Waals surface area contributed by atoms with Gasteiger partial charge in [0, 0.05) is 25.1 Å². The van der Waals surface area contributed by atoms with Crippen LogP contribution in [-0.2, 0) is 14.1 Å². The molecule has 0 radical (unpaired) electrons. The summed E-state index contributed by atoms with van der Waals surface area (Å²) >= 11 is 0. The molecule has 5 atom stereocenters. The minimum Gasteiger partial charge on any atom is -0.382 e. The molecule has 1 aliphatic heterocycles. The van der Waals surface area contributed by atoms with E-state index in [9.17, 15) is 29.2 Å². The van der Waals surface area contributed by atoms with Crippen LogP contribution in [0.2, 0.25) is 0 Å². The highest BCUT2D eigenvalue weighted by Gasteiger charge is 2.44. The van der Waals surface area contributed by atoms with Crippen molar-refractivity contribution >= 4 is 20.2 Å². The molecule has 4 N–H and O–H groups in total. The summed E-state index contributed by atoms with van der Waals surface area (Å²) in [7, 11) is -2.30. The maximum absolute atomic E-state index is 12.5. The molecule has 0 saturated carbocycles. The van der Waals surface area contributed by atoms with Gasteiger partial charge in [-0.3, -0.25) is 24.5 Å². The smallest absolute Gasteiger partial charge is 0.340 e. The number of Topliss-reactive ketones (excluding diaryl/α,β-unsaturated/α-hetero) is 1. The van der Waals surface area contributed by atoms with Gasteiger partial charge in [0.05, 0.1) is 6.10 Å². The molecule has 1 fully saturated rings. The predicted octanol–water partition coefficient (Wildman–Crippen LogP) is -1.22. The average molecular weight is 389 g/mol. The van der Waals surface area contributed by atoms with E-state index in [0.29, 0.717) is 4.57 Å². The Labute approximate surface area is 148 Å². The molecule has 0 bridgehead atoms. The van der Waals surface area contributed by atoms with Gasteiger partial charge in [0.25, 0.3) is 5.56 Å². The molecule has 0 aromatic carbocycles. The highest BCUT2D eigenvalue weighted by Crippen LogP contribution is 2.37. The summed E-state index contributed by atoms with van der Waals surface area (Å²) in [6.07, 6.45) is -3.56. The molecule has 12 heteroatoms. The van der Waals surface area contributed by atoms with Gasteiger partial charge < -0.3 is 19.3 Å². The molecular formula is C14H20N3O8P. The molecular weight excluding hydrogens is 369 g/mol. The number of nitrogens with two attached hydrogens (primary N) is 1. The third kappa shape index (κ3) is 3.98. The summed E-state index contributed by atoms with van der Waals surface area (Å²) in [5, 5.41) is 10.0. The fourth-order valence-corrected chi connectivity index (χ4v) is 3.25. The lowest BCUT2D eigenvalue weighted by Gasteiger charge is -2.22. The Hall–Kier alpha value is -1.75. The van der Waals surface area contributed by atoms with E-state index >= 15 is 0 Å². The zero-order valence-corrected chi connectivity index (χ0v) is 15.3. The normalized spacial score (nSPS) is 25.1. The van der Waals surface area contributed by atoms with Crippen LogP contribution in [0, 0.1) is 6.92 Å². The predicted molar refractivity (Wildman–Crippen MR) is 89.4 cm³/mol. The Kier molecular flexibility index (Phi) is 6.22. The summed E-state index contributed by atoms with van der Waals surface area (Å²) < 4.78 is 12.2. The Morgan fingerprint density at radius 1 is 1.42 bits per heavy atom. The fraction of sp³-hybridized carbons (Fsp3) is 0.571. The summed E-state index contributed by atoms with van der Waals surface area (Å²) in [6, 6.07) is 0. The number of carbonyl (C=O) groups is 2. The van der Waals surface area contributed by atoms with Gasteiger partial charge in [-0.1, -0.05) is 0 Å². The van der Waals surface area contributed by atoms with Gasteiger partial charge >= 0.3 is 5.69 Å². The van der Waals surface area contributed by atoms with E-state index in [4.69, 9.17) is 14.8 Å². The van der Waals surface area contributed by atoms with Crippen molar-refractivity contribution in [1.29, 1.82) is 0 Å². The molecule has 1 aliphatic rings. The number of ketones is 1. The quantitative estimate of drug-likeness (QED) is 0.524. The van der Waals surface area contributed by atoms with Crippen LogP contribution in [0.1, 0.15) is 36.9 Å². The molecule has 26 heavy (non-hydrogen) atoms. The van der Waals surface area contributed by atoms with E-state index in [1.807, 2.05) is 0 Å². The van der Waals surface area contributed by atoms with E-state index < -0.39 is 56.0 Å². The second-order valence-electron chi connectivity index (χ2n) is 5.95. The second-order valence-corrected chi connectivity index (χ2v) is 6.77. The standard InChI is InChI=1S/C14H20N3O8P/c1-6-5-16(14(22)17(8(3)19)13(6)21)10-4-9(25-26(15)23)12(24-10)11(20)7(2)18/h5,9-12,20,23H,4,15H2,1-3H3/t9-,10+,11?,12-,26?/m0/s1. The van der Waals surface area contributed by atoms with E-state index in [2.05, 4.69) is 0 Å². The maximum Gasteiger partial charge on any atom is 0.340 e. The van der Waals surface area contributed by atoms with Crippen molar-refractivity contribution in [2.45, 2.75) is 51.7 Å². The van der Waals surface area contributed by atoms with Gasteiger partial charge in [-0.2, -0.15) is 4.57 Å². The van der Waals surface area contributed by atoms with Crippen molar-refractivity contribution in [3.05, 3.63) is 32.6 Å². The third-order valence-electron chi connectivity index (χ3n) is 4.00. The Morgan fingerprint density at radius 3 is 2.54 bits per heavy atom. The summed E-state index contributed by atoms with van der Waals surface area (Å²) in [5.74, 6) is -1.36. The van der Waals surface area contributed by atoms with E-state index in [1.54, 1.807) is 0 Å². The number of rotatable bonds is 5. The van der Waals surface area contributed by atoms with Crippen molar-refractivity contribution < 1.29 is 28.8 Å². The van der Waals surface area contributed by atoms with Gasteiger partial charge in [0.1, 0.15) is 18.4 Å². The molecule has 1 aromatic rings. The van der Waals surface area contributed by atoms with Crippen molar-refractivity contribution in [3.63, 3.8) is 0 Å². The number of aliphatic hydroxyl groups excluding tert-OH is 1. The number of aryl methyl sites for hydroxylation is 1. The molecule has 0 aliphatic carbocycles. The Bertz CT molecular complexity index is 832. The molecule has 1 saturated heterocycles. The van der Waals surface area contributed by atoms with Crippen LogP contribution in [0.5, 0.6) is 0 Å². The molecule has 0 spiro atoms. The van der Waals surface area contributed by atoms with Gasteiger partial charge in [0.2, 0.25) is 14.4 Å². The van der Waals surface area contributed by atoms with E-state index in [-0.39, 0.29) is 12.0 Å². The molecule has 1 aromatic heterocycles. The Morgan fingerprint density at radius 2 is 2.04 bits per heavy atom. The number of ether oxygens (including phenoxy) is 1. The molecule has 2 rings (SSSR count). The highest BCUT2D eigenvalue weighted by molar-refractivity contribution is 7.43. The van der Waals surface area contributed by atoms with Gasteiger partial charge in [-0.25, -0.2) is 4.79 Å². The fourth-order valence-electron chi connectivity index (χ4n) is 2.77. The number of aromatic nitrogens is 2. The lowest BCUT2D eigenvalue weighted by atomic mass is 10.1. The van der Waals surface area contributed by atoms with Crippen LogP contribution in [0.3, 0.4) is 0 Å². The summed E-state index contributed by atoms with van der Waals surface area (Å²) in [4.78, 5) is 56.9. The van der Waals surface area contributed by atoms with Gasteiger partial charge in [-0.15, -0.1) is 0 Å². The van der Waals surface area contributed by atoms with Crippen LogP contribution >= 0.6 is 8.53 Å². The minimum atomic E-state index is -2.30. The van der Waals surface area contributed by atoms with Crippen molar-refractivity contribution in [2.75, 3.05) is 0 Å². The van der Waals surface area contributed by atoms with Crippen molar-refractivity contribution in [2.24, 2.45) is 5.50 Å². The van der Waals surface area contributed by atoms with Crippen molar-refractivity contribution in [3.8, 4) is 0 Å². The van der Waals surface area contributed by atoms with Crippen molar-refractivity contribution in [1.82, 2.24) is 9.13 Å². The second kappa shape index (κ2) is 7.87. The number of hydrogen-bond donors (Lipinski definition) is 3. The lowest BCUT2D eigenvalue weighted by Crippen LogP contribution is -2.44. The first-order valence-corrected chi connectivity index (χ1v) is 8.93. The number of nitrogens with zero attached hydrogens (tertiary/aromatic N) is 2. The first-order valence-electron chi connectivity index (χ1n) is 7.64. The summed E-state index contributed by atoms with van der Waals surface area (Å²) in [5.41, 5.74) is 3.71. The molecule has 2 heterocycles. The topological polar surface area (TPSA) is 163 Å². The molecule has 11 nitrogen and oxygen atoms in total. The maximum atomic E-state index is 12.5. The highest BCUT2D eigenvalue weighted by atomic mass is 31.2. The van der Waals surface area contributed by atoms with Gasteiger partial charge in [-0.05, 0) is 13.8 Å². The summed E-state index contributed by atoms with van der Waals surface area (Å²) in [6.45, 7) is 3.65. The first-order chi connectivity index (χ1) is 12.0. The lowest BCUT2D eigenvalue weighted by molar-refractivity contribution is -0.138. The average Bonchev–Trinajstić information content (AvgIpc) is 2.92. The third-order valence-corrected chi connectivity index (χ3v) is 4.48. The number of hydrogen-bond acceptors (Lipinski definition) is 9. The molecule has 2 unspecified atom stereocenters. The zero-order valence-electron chi connectivity index (χ0n) is 14.4. The zero-order chi connectivity index (χ0) is 19.8.